The Hall–Kier alpha value is -2.18. The zero-order chi connectivity index (χ0) is 14.8. The van der Waals surface area contributed by atoms with Crippen LogP contribution in [-0.4, -0.2) is 58.0 Å². The highest BCUT2D eigenvalue weighted by atomic mass is 16.2. The minimum atomic E-state index is -0.331. The van der Waals surface area contributed by atoms with Crippen molar-refractivity contribution in [2.45, 2.75) is 19.3 Å². The van der Waals surface area contributed by atoms with E-state index in [9.17, 15) is 14.4 Å². The molecule has 7 nitrogen and oxygen atoms in total. The SMILES string of the molecule is O=C(c1ccc(=O)[nH]n1)N1CCN(C(=O)C2CCC2)CC1. The second-order valence-corrected chi connectivity index (χ2v) is 5.55. The van der Waals surface area contributed by atoms with Gasteiger partial charge in [0.05, 0.1) is 0 Å². The van der Waals surface area contributed by atoms with E-state index in [1.165, 1.54) is 12.1 Å². The van der Waals surface area contributed by atoms with Crippen molar-refractivity contribution in [3.63, 3.8) is 0 Å². The zero-order valence-corrected chi connectivity index (χ0v) is 11.7. The lowest BCUT2D eigenvalue weighted by Gasteiger charge is -2.38. The van der Waals surface area contributed by atoms with E-state index < -0.39 is 0 Å². The van der Waals surface area contributed by atoms with Gasteiger partial charge in [0, 0.05) is 38.2 Å². The van der Waals surface area contributed by atoms with Gasteiger partial charge in [0.25, 0.3) is 11.5 Å². The Morgan fingerprint density at radius 1 is 1.10 bits per heavy atom. The molecule has 1 saturated carbocycles. The average Bonchev–Trinajstić information content (AvgIpc) is 2.46. The van der Waals surface area contributed by atoms with Gasteiger partial charge in [-0.15, -0.1) is 0 Å². The van der Waals surface area contributed by atoms with E-state index in [4.69, 9.17) is 0 Å². The molecule has 0 bridgehead atoms. The minimum Gasteiger partial charge on any atom is -0.339 e. The molecule has 2 amide bonds. The molecule has 0 unspecified atom stereocenters. The van der Waals surface area contributed by atoms with Crippen LogP contribution >= 0.6 is 0 Å². The number of nitrogens with zero attached hydrogens (tertiary/aromatic N) is 3. The van der Waals surface area contributed by atoms with Gasteiger partial charge in [-0.05, 0) is 18.9 Å². The van der Waals surface area contributed by atoms with Gasteiger partial charge in [-0.1, -0.05) is 6.42 Å². The van der Waals surface area contributed by atoms with Crippen LogP contribution in [-0.2, 0) is 4.79 Å². The fraction of sp³-hybridized carbons (Fsp3) is 0.571. The summed E-state index contributed by atoms with van der Waals surface area (Å²) in [7, 11) is 0. The molecule has 0 aromatic carbocycles. The molecule has 3 rings (SSSR count). The average molecular weight is 290 g/mol. The van der Waals surface area contributed by atoms with E-state index in [1.807, 2.05) is 4.90 Å². The quantitative estimate of drug-likeness (QED) is 0.821. The van der Waals surface area contributed by atoms with Crippen molar-refractivity contribution in [2.75, 3.05) is 26.2 Å². The van der Waals surface area contributed by atoms with E-state index in [2.05, 4.69) is 10.2 Å². The molecule has 0 radical (unpaired) electrons. The number of nitrogens with one attached hydrogen (secondary N) is 1. The minimum absolute atomic E-state index is 0.202. The third-order valence-electron chi connectivity index (χ3n) is 4.23. The Kier molecular flexibility index (Phi) is 3.72. The van der Waals surface area contributed by atoms with Gasteiger partial charge in [0.15, 0.2) is 0 Å². The molecule has 1 saturated heterocycles. The Balaban J connectivity index is 1.57. The third-order valence-corrected chi connectivity index (χ3v) is 4.23. The highest BCUT2D eigenvalue weighted by Gasteiger charge is 2.32. The van der Waals surface area contributed by atoms with Gasteiger partial charge in [0.1, 0.15) is 5.69 Å². The van der Waals surface area contributed by atoms with Crippen molar-refractivity contribution in [3.8, 4) is 0 Å². The molecular weight excluding hydrogens is 272 g/mol. The first-order valence-corrected chi connectivity index (χ1v) is 7.29. The molecule has 0 spiro atoms. The Bertz CT molecular complexity index is 580. The predicted molar refractivity (Wildman–Crippen MR) is 74.7 cm³/mol. The summed E-state index contributed by atoms with van der Waals surface area (Å²) < 4.78 is 0. The molecule has 2 fully saturated rings. The number of aromatic amines is 1. The van der Waals surface area contributed by atoms with Crippen LogP contribution in [0.25, 0.3) is 0 Å². The van der Waals surface area contributed by atoms with Crippen molar-refractivity contribution in [3.05, 3.63) is 28.2 Å². The van der Waals surface area contributed by atoms with Crippen LogP contribution in [0.5, 0.6) is 0 Å². The van der Waals surface area contributed by atoms with Gasteiger partial charge >= 0.3 is 0 Å². The summed E-state index contributed by atoms with van der Waals surface area (Å²) >= 11 is 0. The van der Waals surface area contributed by atoms with Crippen molar-refractivity contribution in [2.24, 2.45) is 5.92 Å². The second kappa shape index (κ2) is 5.67. The Labute approximate surface area is 121 Å². The topological polar surface area (TPSA) is 86.4 Å². The molecular formula is C14H18N4O3. The first-order chi connectivity index (χ1) is 10.1. The van der Waals surface area contributed by atoms with Crippen molar-refractivity contribution in [1.29, 1.82) is 0 Å². The van der Waals surface area contributed by atoms with Gasteiger partial charge in [0.2, 0.25) is 5.91 Å². The summed E-state index contributed by atoms with van der Waals surface area (Å²) in [5.74, 6) is 0.227. The highest BCUT2D eigenvalue weighted by Crippen LogP contribution is 2.28. The molecule has 7 heteroatoms. The van der Waals surface area contributed by atoms with E-state index in [-0.39, 0.29) is 29.0 Å². The molecule has 2 aliphatic rings. The smallest absolute Gasteiger partial charge is 0.274 e. The van der Waals surface area contributed by atoms with Crippen molar-refractivity contribution >= 4 is 11.8 Å². The summed E-state index contributed by atoms with van der Waals surface area (Å²) in [6, 6.07) is 2.71. The maximum absolute atomic E-state index is 12.2. The highest BCUT2D eigenvalue weighted by molar-refractivity contribution is 5.92. The van der Waals surface area contributed by atoms with Crippen molar-refractivity contribution < 1.29 is 9.59 Å². The number of aromatic nitrogens is 2. The number of carbonyl (C=O) groups excluding carboxylic acids is 2. The summed E-state index contributed by atoms with van der Waals surface area (Å²) in [4.78, 5) is 38.8. The van der Waals surface area contributed by atoms with Gasteiger partial charge in [-0.3, -0.25) is 14.4 Å². The first-order valence-electron chi connectivity index (χ1n) is 7.29. The van der Waals surface area contributed by atoms with Crippen molar-refractivity contribution in [1.82, 2.24) is 20.0 Å². The van der Waals surface area contributed by atoms with E-state index in [1.54, 1.807) is 4.90 Å². The predicted octanol–water partition coefficient (Wildman–Crippen LogP) is -0.146. The summed E-state index contributed by atoms with van der Waals surface area (Å²) in [5.41, 5.74) is -0.101. The number of rotatable bonds is 2. The van der Waals surface area contributed by atoms with Crippen LogP contribution in [0.1, 0.15) is 29.8 Å². The third kappa shape index (κ3) is 2.81. The normalized spacial score (nSPS) is 19.2. The van der Waals surface area contributed by atoms with Gasteiger partial charge in [-0.25, -0.2) is 5.10 Å². The molecule has 1 aliphatic heterocycles. The number of carbonyl (C=O) groups is 2. The van der Waals surface area contributed by atoms with Crippen LogP contribution in [0, 0.1) is 5.92 Å². The largest absolute Gasteiger partial charge is 0.339 e. The van der Waals surface area contributed by atoms with Crippen LogP contribution in [0.15, 0.2) is 16.9 Å². The molecule has 1 aromatic rings. The summed E-state index contributed by atoms with van der Waals surface area (Å²) in [6.07, 6.45) is 3.14. The molecule has 2 heterocycles. The number of hydrogen-bond donors (Lipinski definition) is 1. The van der Waals surface area contributed by atoms with E-state index in [0.29, 0.717) is 26.2 Å². The molecule has 1 aromatic heterocycles. The number of piperazine rings is 1. The van der Waals surface area contributed by atoms with Gasteiger partial charge < -0.3 is 9.80 Å². The Morgan fingerprint density at radius 3 is 2.29 bits per heavy atom. The first kappa shape index (κ1) is 13.8. The number of amides is 2. The zero-order valence-electron chi connectivity index (χ0n) is 11.7. The number of H-pyrrole nitrogens is 1. The molecule has 112 valence electrons. The standard InChI is InChI=1S/C14H18N4O3/c19-12-5-4-11(15-16-12)14(21)18-8-6-17(7-9-18)13(20)10-2-1-3-10/h4-5,10H,1-3,6-9H2,(H,16,19). The summed E-state index contributed by atoms with van der Waals surface area (Å²) in [6.45, 7) is 2.17. The van der Waals surface area contributed by atoms with Gasteiger partial charge in [-0.2, -0.15) is 5.10 Å². The lowest BCUT2D eigenvalue weighted by molar-refractivity contribution is -0.139. The summed E-state index contributed by atoms with van der Waals surface area (Å²) in [5, 5.41) is 6.01. The van der Waals surface area contributed by atoms with E-state index >= 15 is 0 Å². The molecule has 21 heavy (non-hydrogen) atoms. The fourth-order valence-electron chi connectivity index (χ4n) is 2.67. The van der Waals surface area contributed by atoms with Crippen LogP contribution in [0.2, 0.25) is 0 Å². The maximum atomic E-state index is 12.2. The molecule has 1 aliphatic carbocycles. The van der Waals surface area contributed by atoms with Crippen LogP contribution < -0.4 is 5.56 Å². The molecule has 1 N–H and O–H groups in total. The monoisotopic (exact) mass is 290 g/mol. The maximum Gasteiger partial charge on any atom is 0.274 e. The van der Waals surface area contributed by atoms with Crippen LogP contribution in [0.3, 0.4) is 0 Å². The fourth-order valence-corrected chi connectivity index (χ4v) is 2.67. The number of hydrogen-bond acceptors (Lipinski definition) is 4. The lowest BCUT2D eigenvalue weighted by atomic mass is 9.84. The molecule has 0 atom stereocenters. The van der Waals surface area contributed by atoms with E-state index in [0.717, 1.165) is 19.3 Å². The second-order valence-electron chi connectivity index (χ2n) is 5.55. The van der Waals surface area contributed by atoms with Crippen LogP contribution in [0.4, 0.5) is 0 Å². The lowest BCUT2D eigenvalue weighted by Crippen LogP contribution is -2.52. The Morgan fingerprint density at radius 2 is 1.76 bits per heavy atom.